The number of nitrogens with one attached hydrogen (secondary N) is 1. The van der Waals surface area contributed by atoms with E-state index in [1.54, 1.807) is 6.07 Å². The zero-order valence-electron chi connectivity index (χ0n) is 10.5. The molecule has 0 aromatic heterocycles. The molecule has 2 aliphatic rings. The lowest BCUT2D eigenvalue weighted by molar-refractivity contribution is 0.255. The molecule has 2 fully saturated rings. The third-order valence-electron chi connectivity index (χ3n) is 4.24. The molecule has 0 saturated carbocycles. The van der Waals surface area contributed by atoms with Crippen LogP contribution < -0.4 is 5.32 Å². The molecule has 2 heterocycles. The molecule has 3 rings (SSSR count). The average Bonchev–Trinajstić information content (AvgIpc) is 2.72. The molecule has 2 saturated heterocycles. The van der Waals surface area contributed by atoms with Crippen LogP contribution in [0.3, 0.4) is 0 Å². The summed E-state index contributed by atoms with van der Waals surface area (Å²) in [5.41, 5.74) is 2.05. The number of hydrogen-bond donors (Lipinski definition) is 1. The van der Waals surface area contributed by atoms with Crippen LogP contribution >= 0.6 is 15.9 Å². The van der Waals surface area contributed by atoms with Gasteiger partial charge in [-0.15, -0.1) is 0 Å². The standard InChI is InChI=1S/C14H18BrFN2/c1-9-6-12(16)11(15)7-14(9)17-13-3-5-18-4-2-10(13)8-18/h6-7,10,13,17H,2-5,8H2,1H3. The van der Waals surface area contributed by atoms with Crippen molar-refractivity contribution in [2.45, 2.75) is 25.8 Å². The zero-order chi connectivity index (χ0) is 12.7. The Morgan fingerprint density at radius 1 is 1.33 bits per heavy atom. The van der Waals surface area contributed by atoms with Crippen LogP contribution in [0.1, 0.15) is 18.4 Å². The molecule has 1 N–H and O–H groups in total. The zero-order valence-corrected chi connectivity index (χ0v) is 12.1. The molecule has 3 unspecified atom stereocenters. The predicted octanol–water partition coefficient (Wildman–Crippen LogP) is 3.40. The number of hydrogen-bond acceptors (Lipinski definition) is 2. The van der Waals surface area contributed by atoms with Crippen LogP contribution in [-0.2, 0) is 0 Å². The molecule has 2 nitrogen and oxygen atoms in total. The molecule has 0 amide bonds. The van der Waals surface area contributed by atoms with Gasteiger partial charge >= 0.3 is 0 Å². The summed E-state index contributed by atoms with van der Waals surface area (Å²) in [6, 6.07) is 4.00. The van der Waals surface area contributed by atoms with Crippen molar-refractivity contribution in [3.63, 3.8) is 0 Å². The van der Waals surface area contributed by atoms with Crippen LogP contribution in [0.5, 0.6) is 0 Å². The Hall–Kier alpha value is -0.610. The number of halogens is 2. The third-order valence-corrected chi connectivity index (χ3v) is 4.85. The van der Waals surface area contributed by atoms with Crippen LogP contribution in [0.4, 0.5) is 10.1 Å². The molecule has 18 heavy (non-hydrogen) atoms. The summed E-state index contributed by atoms with van der Waals surface area (Å²) in [5.74, 6) is 0.565. The molecular weight excluding hydrogens is 295 g/mol. The van der Waals surface area contributed by atoms with E-state index in [-0.39, 0.29) is 5.82 Å². The highest BCUT2D eigenvalue weighted by Crippen LogP contribution is 2.31. The summed E-state index contributed by atoms with van der Waals surface area (Å²) < 4.78 is 13.9. The summed E-state index contributed by atoms with van der Waals surface area (Å²) in [6.07, 6.45) is 2.48. The predicted molar refractivity (Wildman–Crippen MR) is 75.4 cm³/mol. The number of anilines is 1. The van der Waals surface area contributed by atoms with E-state index in [0.717, 1.165) is 17.2 Å². The highest BCUT2D eigenvalue weighted by Gasteiger charge is 2.34. The number of piperidine rings is 1. The molecule has 3 atom stereocenters. The van der Waals surface area contributed by atoms with Gasteiger partial charge in [-0.3, -0.25) is 0 Å². The van der Waals surface area contributed by atoms with Crippen molar-refractivity contribution in [2.24, 2.45) is 5.92 Å². The van der Waals surface area contributed by atoms with Gasteiger partial charge in [-0.25, -0.2) is 4.39 Å². The second-order valence-electron chi connectivity index (χ2n) is 5.47. The van der Waals surface area contributed by atoms with Gasteiger partial charge in [-0.1, -0.05) is 0 Å². The Balaban J connectivity index is 1.78. The maximum absolute atomic E-state index is 13.4. The number of fused-ring (bicyclic) bond motifs is 2. The molecule has 4 heteroatoms. The Morgan fingerprint density at radius 3 is 2.94 bits per heavy atom. The van der Waals surface area contributed by atoms with Gasteiger partial charge in [-0.2, -0.15) is 0 Å². The van der Waals surface area contributed by atoms with Gasteiger partial charge in [0.25, 0.3) is 0 Å². The van der Waals surface area contributed by atoms with Crippen LogP contribution in [0.2, 0.25) is 0 Å². The van der Waals surface area contributed by atoms with Crippen LogP contribution in [0.25, 0.3) is 0 Å². The minimum atomic E-state index is -0.186. The average molecular weight is 313 g/mol. The summed E-state index contributed by atoms with van der Waals surface area (Å²) in [5, 5.41) is 3.62. The molecule has 0 spiro atoms. The van der Waals surface area contributed by atoms with E-state index < -0.39 is 0 Å². The molecule has 98 valence electrons. The summed E-state index contributed by atoms with van der Waals surface area (Å²) in [6.45, 7) is 5.62. The maximum Gasteiger partial charge on any atom is 0.137 e. The summed E-state index contributed by atoms with van der Waals surface area (Å²) >= 11 is 3.26. The van der Waals surface area contributed by atoms with Crippen molar-refractivity contribution in [3.05, 3.63) is 28.0 Å². The first-order chi connectivity index (χ1) is 8.63. The van der Waals surface area contributed by atoms with Gasteiger partial charge in [0, 0.05) is 24.8 Å². The van der Waals surface area contributed by atoms with E-state index in [2.05, 4.69) is 26.1 Å². The Kier molecular flexibility index (Phi) is 3.32. The largest absolute Gasteiger partial charge is 0.382 e. The minimum Gasteiger partial charge on any atom is -0.382 e. The second-order valence-corrected chi connectivity index (χ2v) is 6.32. The lowest BCUT2D eigenvalue weighted by Crippen LogP contribution is -2.39. The molecule has 1 aromatic rings. The van der Waals surface area contributed by atoms with E-state index in [1.807, 2.05) is 13.0 Å². The highest BCUT2D eigenvalue weighted by molar-refractivity contribution is 9.10. The lowest BCUT2D eigenvalue weighted by Gasteiger charge is -2.32. The quantitative estimate of drug-likeness (QED) is 0.900. The molecule has 2 aliphatic heterocycles. The van der Waals surface area contributed by atoms with E-state index in [9.17, 15) is 4.39 Å². The Labute approximate surface area is 116 Å². The minimum absolute atomic E-state index is 0.186. The van der Waals surface area contributed by atoms with Crippen molar-refractivity contribution >= 4 is 21.6 Å². The first-order valence-corrected chi connectivity index (χ1v) is 7.37. The van der Waals surface area contributed by atoms with Crippen LogP contribution in [-0.4, -0.2) is 30.6 Å². The van der Waals surface area contributed by atoms with Gasteiger partial charge in [0.2, 0.25) is 0 Å². The van der Waals surface area contributed by atoms with Crippen molar-refractivity contribution in [1.82, 2.24) is 4.90 Å². The molecule has 1 aromatic carbocycles. The monoisotopic (exact) mass is 312 g/mol. The molecule has 2 bridgehead atoms. The highest BCUT2D eigenvalue weighted by atomic mass is 79.9. The normalized spacial score (nSPS) is 30.5. The smallest absolute Gasteiger partial charge is 0.137 e. The van der Waals surface area contributed by atoms with Crippen molar-refractivity contribution < 1.29 is 4.39 Å². The lowest BCUT2D eigenvalue weighted by atomic mass is 9.93. The van der Waals surface area contributed by atoms with Crippen LogP contribution in [0, 0.1) is 18.7 Å². The molecule has 0 radical (unpaired) electrons. The van der Waals surface area contributed by atoms with E-state index >= 15 is 0 Å². The fourth-order valence-electron chi connectivity index (χ4n) is 3.14. The summed E-state index contributed by atoms with van der Waals surface area (Å²) in [4.78, 5) is 2.54. The maximum atomic E-state index is 13.4. The van der Waals surface area contributed by atoms with Gasteiger partial charge in [0.05, 0.1) is 4.47 Å². The fraction of sp³-hybridized carbons (Fsp3) is 0.571. The SMILES string of the molecule is Cc1cc(F)c(Br)cc1NC1CCN2CCC1C2. The van der Waals surface area contributed by atoms with E-state index in [4.69, 9.17) is 0 Å². The number of rotatable bonds is 2. The first-order valence-electron chi connectivity index (χ1n) is 6.58. The fourth-order valence-corrected chi connectivity index (χ4v) is 3.49. The Bertz CT molecular complexity index is 463. The number of benzene rings is 1. The van der Waals surface area contributed by atoms with Crippen molar-refractivity contribution in [1.29, 1.82) is 0 Å². The van der Waals surface area contributed by atoms with Crippen molar-refractivity contribution in [2.75, 3.05) is 25.0 Å². The number of nitrogens with zero attached hydrogens (tertiary/aromatic N) is 1. The molecule has 0 aliphatic carbocycles. The van der Waals surface area contributed by atoms with E-state index in [1.165, 1.54) is 32.5 Å². The third kappa shape index (κ3) is 2.28. The number of aryl methyl sites for hydroxylation is 1. The van der Waals surface area contributed by atoms with Gasteiger partial charge in [-0.05, 0) is 65.9 Å². The van der Waals surface area contributed by atoms with Gasteiger partial charge in [0.1, 0.15) is 5.82 Å². The molecular formula is C14H18BrFN2. The van der Waals surface area contributed by atoms with Gasteiger partial charge < -0.3 is 10.2 Å². The first kappa shape index (κ1) is 12.4. The second kappa shape index (κ2) is 4.82. The van der Waals surface area contributed by atoms with Gasteiger partial charge in [0.15, 0.2) is 0 Å². The van der Waals surface area contributed by atoms with E-state index in [0.29, 0.717) is 10.5 Å². The topological polar surface area (TPSA) is 15.3 Å². The van der Waals surface area contributed by atoms with Crippen LogP contribution in [0.15, 0.2) is 16.6 Å². The van der Waals surface area contributed by atoms with Crippen molar-refractivity contribution in [3.8, 4) is 0 Å². The Morgan fingerprint density at radius 2 is 2.11 bits per heavy atom. The summed E-state index contributed by atoms with van der Waals surface area (Å²) in [7, 11) is 0.